The number of hydrogen-bond acceptors (Lipinski definition) is 2. The summed E-state index contributed by atoms with van der Waals surface area (Å²) in [5.41, 5.74) is 0. The number of halogens is 3. The summed E-state index contributed by atoms with van der Waals surface area (Å²) in [5.74, 6) is 0. The largest absolute Gasteiger partial charge is 0.314 e. The van der Waals surface area contributed by atoms with E-state index in [-0.39, 0.29) is 2.27 Å². The summed E-state index contributed by atoms with van der Waals surface area (Å²) in [5, 5.41) is 3.28. The van der Waals surface area contributed by atoms with Crippen LogP contribution in [-0.2, 0) is 0 Å². The lowest BCUT2D eigenvalue weighted by Crippen LogP contribution is -2.48. The van der Waals surface area contributed by atoms with E-state index in [1.54, 1.807) is 0 Å². The summed E-state index contributed by atoms with van der Waals surface area (Å²) in [4.78, 5) is 2.27. The van der Waals surface area contributed by atoms with Crippen molar-refractivity contribution in [1.82, 2.24) is 10.2 Å². The molecule has 1 fully saturated rings. The molecule has 2 nitrogen and oxygen atoms in total. The number of nitrogens with zero attached hydrogens (tertiary/aromatic N) is 1. The molecular formula is C5H9Br3N2. The fraction of sp³-hybridized carbons (Fsp3) is 1.00. The first-order valence-corrected chi connectivity index (χ1v) is 5.51. The van der Waals surface area contributed by atoms with Crippen molar-refractivity contribution in [2.45, 2.75) is 2.27 Å². The Balaban J connectivity index is 2.39. The number of alkyl halides is 3. The molecule has 1 heterocycles. The number of rotatable bonds is 0. The van der Waals surface area contributed by atoms with Gasteiger partial charge >= 0.3 is 0 Å². The normalized spacial score (nSPS) is 23.1. The predicted octanol–water partition coefficient (Wildman–Crippen LogP) is 1.69. The van der Waals surface area contributed by atoms with E-state index >= 15 is 0 Å². The quantitative estimate of drug-likeness (QED) is 0.535. The number of hydrogen-bond donors (Lipinski definition) is 1. The maximum atomic E-state index is 3.47. The van der Waals surface area contributed by atoms with Crippen molar-refractivity contribution < 1.29 is 0 Å². The minimum Gasteiger partial charge on any atom is -0.314 e. The van der Waals surface area contributed by atoms with Crippen LogP contribution in [-0.4, -0.2) is 33.3 Å². The molecule has 1 aliphatic rings. The van der Waals surface area contributed by atoms with Gasteiger partial charge in [0.25, 0.3) is 0 Å². The summed E-state index contributed by atoms with van der Waals surface area (Å²) in [7, 11) is 0. The molecule has 0 unspecified atom stereocenters. The van der Waals surface area contributed by atoms with Gasteiger partial charge in [0.2, 0.25) is 0 Å². The molecule has 0 aromatic rings. The molecule has 1 rings (SSSR count). The van der Waals surface area contributed by atoms with Crippen LogP contribution in [0.1, 0.15) is 0 Å². The molecule has 0 saturated carbocycles. The van der Waals surface area contributed by atoms with Gasteiger partial charge in [-0.2, -0.15) is 0 Å². The third kappa shape index (κ3) is 2.77. The van der Waals surface area contributed by atoms with Gasteiger partial charge in [-0.15, -0.1) is 0 Å². The zero-order valence-corrected chi connectivity index (χ0v) is 10.2. The van der Waals surface area contributed by atoms with Crippen molar-refractivity contribution in [1.29, 1.82) is 0 Å². The lowest BCUT2D eigenvalue weighted by atomic mass is 10.4. The fourth-order valence-electron chi connectivity index (χ4n) is 0.918. The maximum Gasteiger partial charge on any atom is 0.188 e. The molecule has 0 radical (unpaired) electrons. The van der Waals surface area contributed by atoms with E-state index in [2.05, 4.69) is 58.0 Å². The van der Waals surface area contributed by atoms with E-state index in [0.717, 1.165) is 26.2 Å². The summed E-state index contributed by atoms with van der Waals surface area (Å²) >= 11 is 10.4. The highest BCUT2D eigenvalue weighted by Crippen LogP contribution is 2.37. The Morgan fingerprint density at radius 1 is 1.10 bits per heavy atom. The minimum absolute atomic E-state index is 0.199. The highest BCUT2D eigenvalue weighted by atomic mass is 80.0. The first-order valence-electron chi connectivity index (χ1n) is 3.13. The van der Waals surface area contributed by atoms with Gasteiger partial charge in [-0.1, -0.05) is 0 Å². The van der Waals surface area contributed by atoms with E-state index in [9.17, 15) is 0 Å². The second kappa shape index (κ2) is 3.85. The summed E-state index contributed by atoms with van der Waals surface area (Å²) in [6.07, 6.45) is 0. The molecule has 1 N–H and O–H groups in total. The molecule has 0 aliphatic carbocycles. The van der Waals surface area contributed by atoms with Gasteiger partial charge < -0.3 is 5.32 Å². The van der Waals surface area contributed by atoms with Crippen LogP contribution in [0.3, 0.4) is 0 Å². The van der Waals surface area contributed by atoms with Gasteiger partial charge in [0, 0.05) is 26.2 Å². The van der Waals surface area contributed by atoms with E-state index < -0.39 is 0 Å². The SMILES string of the molecule is BrC(Br)(Br)N1CCNCC1. The highest BCUT2D eigenvalue weighted by molar-refractivity contribution is 9.39. The number of nitrogens with one attached hydrogen (secondary N) is 1. The van der Waals surface area contributed by atoms with Crippen molar-refractivity contribution in [3.8, 4) is 0 Å². The first-order chi connectivity index (χ1) is 4.61. The predicted molar refractivity (Wildman–Crippen MR) is 54.0 cm³/mol. The Hall–Kier alpha value is 1.36. The molecule has 0 spiro atoms. The van der Waals surface area contributed by atoms with Gasteiger partial charge in [0.15, 0.2) is 2.27 Å². The third-order valence-corrected chi connectivity index (χ3v) is 2.98. The topological polar surface area (TPSA) is 15.3 Å². The molecular weight excluding hydrogens is 328 g/mol. The molecule has 60 valence electrons. The Labute approximate surface area is 86.1 Å². The molecule has 0 amide bonds. The van der Waals surface area contributed by atoms with Gasteiger partial charge in [-0.05, 0) is 47.8 Å². The Morgan fingerprint density at radius 2 is 1.60 bits per heavy atom. The van der Waals surface area contributed by atoms with E-state index in [1.807, 2.05) is 0 Å². The van der Waals surface area contributed by atoms with Gasteiger partial charge in [0.05, 0.1) is 0 Å². The van der Waals surface area contributed by atoms with Crippen LogP contribution >= 0.6 is 47.8 Å². The summed E-state index contributed by atoms with van der Waals surface area (Å²) in [6.45, 7) is 4.23. The van der Waals surface area contributed by atoms with Crippen LogP contribution in [0.2, 0.25) is 0 Å². The molecule has 0 bridgehead atoms. The lowest BCUT2D eigenvalue weighted by Gasteiger charge is -2.33. The van der Waals surface area contributed by atoms with Crippen molar-refractivity contribution in [3.05, 3.63) is 0 Å². The van der Waals surface area contributed by atoms with Crippen molar-refractivity contribution in [3.63, 3.8) is 0 Å². The van der Waals surface area contributed by atoms with Crippen LogP contribution in [0.4, 0.5) is 0 Å². The Bertz CT molecular complexity index is 106. The van der Waals surface area contributed by atoms with E-state index in [4.69, 9.17) is 0 Å². The molecule has 0 aromatic heterocycles. The smallest absolute Gasteiger partial charge is 0.188 e. The summed E-state index contributed by atoms with van der Waals surface area (Å²) < 4.78 is -0.199. The second-order valence-electron chi connectivity index (χ2n) is 2.20. The minimum atomic E-state index is -0.199. The monoisotopic (exact) mass is 334 g/mol. The maximum absolute atomic E-state index is 3.47. The van der Waals surface area contributed by atoms with Crippen molar-refractivity contribution in [2.24, 2.45) is 0 Å². The second-order valence-corrected chi connectivity index (χ2v) is 8.84. The molecule has 1 saturated heterocycles. The van der Waals surface area contributed by atoms with Crippen molar-refractivity contribution in [2.75, 3.05) is 26.2 Å². The average Bonchev–Trinajstić information content (AvgIpc) is 1.88. The average molecular weight is 337 g/mol. The van der Waals surface area contributed by atoms with Gasteiger partial charge in [0.1, 0.15) is 0 Å². The van der Waals surface area contributed by atoms with Crippen molar-refractivity contribution >= 4 is 47.8 Å². The fourth-order valence-corrected chi connectivity index (χ4v) is 1.98. The molecule has 5 heteroatoms. The Morgan fingerprint density at radius 3 is 1.90 bits per heavy atom. The number of piperazine rings is 1. The Kier molecular flexibility index (Phi) is 3.63. The molecule has 10 heavy (non-hydrogen) atoms. The van der Waals surface area contributed by atoms with Crippen LogP contribution in [0.25, 0.3) is 0 Å². The third-order valence-electron chi connectivity index (χ3n) is 1.48. The van der Waals surface area contributed by atoms with Crippen LogP contribution in [0, 0.1) is 0 Å². The van der Waals surface area contributed by atoms with Crippen LogP contribution < -0.4 is 5.32 Å². The van der Waals surface area contributed by atoms with E-state index in [0.29, 0.717) is 0 Å². The molecule has 0 aromatic carbocycles. The molecule has 1 aliphatic heterocycles. The van der Waals surface area contributed by atoms with Crippen LogP contribution in [0.15, 0.2) is 0 Å². The zero-order valence-electron chi connectivity index (χ0n) is 5.41. The van der Waals surface area contributed by atoms with E-state index in [1.165, 1.54) is 0 Å². The highest BCUT2D eigenvalue weighted by Gasteiger charge is 2.27. The lowest BCUT2D eigenvalue weighted by molar-refractivity contribution is 0.260. The molecule has 0 atom stereocenters. The zero-order chi connectivity index (χ0) is 7.61. The van der Waals surface area contributed by atoms with Gasteiger partial charge in [-0.3, -0.25) is 4.90 Å². The standard InChI is InChI=1S/C5H9Br3N2/c6-5(7,8)10-3-1-9-2-4-10/h9H,1-4H2. The van der Waals surface area contributed by atoms with Gasteiger partial charge in [-0.25, -0.2) is 0 Å². The summed E-state index contributed by atoms with van der Waals surface area (Å²) in [6, 6.07) is 0. The van der Waals surface area contributed by atoms with Crippen LogP contribution in [0.5, 0.6) is 0 Å². The first kappa shape index (κ1) is 9.45.